The Labute approximate surface area is 151 Å². The van der Waals surface area contributed by atoms with Crippen molar-refractivity contribution >= 4 is 29.4 Å². The summed E-state index contributed by atoms with van der Waals surface area (Å²) in [5.74, 6) is -0.161. The van der Waals surface area contributed by atoms with Crippen molar-refractivity contribution in [3.63, 3.8) is 0 Å². The van der Waals surface area contributed by atoms with E-state index < -0.39 is 12.2 Å². The monoisotopic (exact) mass is 359 g/mol. The topological polar surface area (TPSA) is 99.2 Å². The summed E-state index contributed by atoms with van der Waals surface area (Å²) in [5.41, 5.74) is 2.84. The summed E-state index contributed by atoms with van der Waals surface area (Å²) in [5, 5.41) is 11.6. The third-order valence-corrected chi connectivity index (χ3v) is 4.48. The van der Waals surface area contributed by atoms with Gasteiger partial charge in [0.15, 0.2) is 0 Å². The minimum atomic E-state index is -0.906. The van der Waals surface area contributed by atoms with Crippen molar-refractivity contribution < 1.29 is 24.2 Å². The van der Waals surface area contributed by atoms with Gasteiger partial charge in [-0.1, -0.05) is 18.2 Å². The molecule has 1 saturated heterocycles. The SMILES string of the molecule is CC(=O)NC[C@H]1CN(c2ccc(C3=CCN(C(=O)O)CC3)cc2)C(=O)O1. The van der Waals surface area contributed by atoms with Crippen LogP contribution < -0.4 is 10.2 Å². The number of hydrogen-bond acceptors (Lipinski definition) is 4. The molecule has 2 aliphatic rings. The number of hydrogen-bond donors (Lipinski definition) is 2. The smallest absolute Gasteiger partial charge is 0.414 e. The Balaban J connectivity index is 1.64. The van der Waals surface area contributed by atoms with E-state index in [9.17, 15) is 14.4 Å². The van der Waals surface area contributed by atoms with E-state index in [2.05, 4.69) is 5.32 Å². The van der Waals surface area contributed by atoms with E-state index >= 15 is 0 Å². The molecule has 3 amide bonds. The Morgan fingerprint density at radius 1 is 1.31 bits per heavy atom. The number of amides is 3. The molecule has 26 heavy (non-hydrogen) atoms. The molecule has 0 bridgehead atoms. The fourth-order valence-electron chi connectivity index (χ4n) is 3.06. The molecular formula is C18H21N3O5. The van der Waals surface area contributed by atoms with Crippen LogP contribution in [0.25, 0.3) is 5.57 Å². The van der Waals surface area contributed by atoms with Gasteiger partial charge in [0.1, 0.15) is 6.10 Å². The maximum atomic E-state index is 12.0. The van der Waals surface area contributed by atoms with Crippen LogP contribution in [0.3, 0.4) is 0 Å². The minimum Gasteiger partial charge on any atom is -0.465 e. The number of nitrogens with one attached hydrogen (secondary N) is 1. The predicted molar refractivity (Wildman–Crippen MR) is 94.9 cm³/mol. The number of carboxylic acid groups (broad SMARTS) is 1. The lowest BCUT2D eigenvalue weighted by molar-refractivity contribution is -0.119. The van der Waals surface area contributed by atoms with Gasteiger partial charge < -0.3 is 20.1 Å². The molecule has 1 fully saturated rings. The standard InChI is InChI=1S/C18H21N3O5/c1-12(22)19-10-16-11-21(18(25)26-16)15-4-2-13(3-5-15)14-6-8-20(9-7-14)17(23)24/h2-6,16H,7-11H2,1H3,(H,19,22)(H,23,24)/t16-/m0/s1. The number of cyclic esters (lactones) is 1. The first kappa shape index (κ1) is 17.8. The van der Waals surface area contributed by atoms with Crippen LogP contribution in [0.15, 0.2) is 30.3 Å². The molecule has 1 aromatic carbocycles. The number of ether oxygens (including phenoxy) is 1. The van der Waals surface area contributed by atoms with Gasteiger partial charge in [-0.05, 0) is 29.7 Å². The fourth-order valence-corrected chi connectivity index (χ4v) is 3.06. The molecule has 0 spiro atoms. The Morgan fingerprint density at radius 3 is 2.62 bits per heavy atom. The summed E-state index contributed by atoms with van der Waals surface area (Å²) in [6.07, 6.45) is 0.879. The second kappa shape index (κ2) is 7.47. The zero-order chi connectivity index (χ0) is 18.7. The maximum Gasteiger partial charge on any atom is 0.414 e. The van der Waals surface area contributed by atoms with Crippen LogP contribution in [0.5, 0.6) is 0 Å². The molecule has 0 aromatic heterocycles. The summed E-state index contributed by atoms with van der Waals surface area (Å²) in [6.45, 7) is 2.96. The molecule has 0 radical (unpaired) electrons. The first-order valence-electron chi connectivity index (χ1n) is 8.44. The number of rotatable bonds is 4. The zero-order valence-corrected chi connectivity index (χ0v) is 14.5. The van der Waals surface area contributed by atoms with E-state index in [1.807, 2.05) is 30.3 Å². The van der Waals surface area contributed by atoms with Crippen LogP contribution in [-0.2, 0) is 9.53 Å². The van der Waals surface area contributed by atoms with Gasteiger partial charge in [0.2, 0.25) is 5.91 Å². The summed E-state index contributed by atoms with van der Waals surface area (Å²) >= 11 is 0. The molecule has 2 aliphatic heterocycles. The summed E-state index contributed by atoms with van der Waals surface area (Å²) in [7, 11) is 0. The van der Waals surface area contributed by atoms with E-state index in [-0.39, 0.29) is 12.0 Å². The highest BCUT2D eigenvalue weighted by molar-refractivity contribution is 5.90. The van der Waals surface area contributed by atoms with Crippen molar-refractivity contribution in [3.8, 4) is 0 Å². The Morgan fingerprint density at radius 2 is 2.04 bits per heavy atom. The van der Waals surface area contributed by atoms with Crippen LogP contribution in [0.4, 0.5) is 15.3 Å². The van der Waals surface area contributed by atoms with Crippen molar-refractivity contribution in [1.29, 1.82) is 0 Å². The molecule has 1 aromatic rings. The maximum absolute atomic E-state index is 12.0. The van der Waals surface area contributed by atoms with E-state index in [0.29, 0.717) is 32.6 Å². The van der Waals surface area contributed by atoms with E-state index in [1.54, 1.807) is 0 Å². The zero-order valence-electron chi connectivity index (χ0n) is 14.5. The first-order chi connectivity index (χ1) is 12.4. The highest BCUT2D eigenvalue weighted by Crippen LogP contribution is 2.27. The van der Waals surface area contributed by atoms with Gasteiger partial charge in [-0.3, -0.25) is 9.69 Å². The summed E-state index contributed by atoms with van der Waals surface area (Å²) in [6, 6.07) is 7.54. The van der Waals surface area contributed by atoms with Crippen molar-refractivity contribution in [1.82, 2.24) is 10.2 Å². The van der Waals surface area contributed by atoms with Crippen LogP contribution in [0.1, 0.15) is 18.9 Å². The molecular weight excluding hydrogens is 338 g/mol. The van der Waals surface area contributed by atoms with Crippen LogP contribution in [0, 0.1) is 0 Å². The second-order valence-corrected chi connectivity index (χ2v) is 6.31. The molecule has 2 N–H and O–H groups in total. The minimum absolute atomic E-state index is 0.161. The van der Waals surface area contributed by atoms with Crippen LogP contribution in [-0.4, -0.2) is 60.4 Å². The molecule has 2 heterocycles. The van der Waals surface area contributed by atoms with Crippen molar-refractivity contribution in [2.75, 3.05) is 31.1 Å². The molecule has 138 valence electrons. The molecule has 0 unspecified atom stereocenters. The van der Waals surface area contributed by atoms with Gasteiger partial charge in [-0.2, -0.15) is 0 Å². The van der Waals surface area contributed by atoms with Gasteiger partial charge in [0, 0.05) is 25.7 Å². The Kier molecular flexibility index (Phi) is 5.11. The highest BCUT2D eigenvalue weighted by atomic mass is 16.6. The lowest BCUT2D eigenvalue weighted by atomic mass is 9.99. The van der Waals surface area contributed by atoms with E-state index in [4.69, 9.17) is 9.84 Å². The summed E-state index contributed by atoms with van der Waals surface area (Å²) in [4.78, 5) is 36.9. The second-order valence-electron chi connectivity index (χ2n) is 6.31. The van der Waals surface area contributed by atoms with Gasteiger partial charge in [0.05, 0.1) is 13.1 Å². The lowest BCUT2D eigenvalue weighted by Crippen LogP contribution is -2.33. The number of benzene rings is 1. The van der Waals surface area contributed by atoms with Crippen LogP contribution in [0.2, 0.25) is 0 Å². The molecule has 8 heteroatoms. The normalized spacial score (nSPS) is 19.8. The quantitative estimate of drug-likeness (QED) is 0.856. The van der Waals surface area contributed by atoms with Gasteiger partial charge in [-0.25, -0.2) is 9.59 Å². The highest BCUT2D eigenvalue weighted by Gasteiger charge is 2.32. The van der Waals surface area contributed by atoms with Crippen LogP contribution >= 0.6 is 0 Å². The average Bonchev–Trinajstić information content (AvgIpc) is 3.01. The lowest BCUT2D eigenvalue weighted by Gasteiger charge is -2.24. The number of carbonyl (C=O) groups is 3. The third kappa shape index (κ3) is 3.96. The molecule has 0 aliphatic carbocycles. The Bertz CT molecular complexity index is 744. The molecule has 1 atom stereocenters. The number of nitrogens with zero attached hydrogens (tertiary/aromatic N) is 2. The summed E-state index contributed by atoms with van der Waals surface area (Å²) < 4.78 is 5.26. The van der Waals surface area contributed by atoms with Crippen molar-refractivity contribution in [2.24, 2.45) is 0 Å². The predicted octanol–water partition coefficient (Wildman–Crippen LogP) is 1.91. The van der Waals surface area contributed by atoms with Crippen molar-refractivity contribution in [3.05, 3.63) is 35.9 Å². The van der Waals surface area contributed by atoms with E-state index in [1.165, 1.54) is 16.7 Å². The largest absolute Gasteiger partial charge is 0.465 e. The van der Waals surface area contributed by atoms with Gasteiger partial charge in [-0.15, -0.1) is 0 Å². The van der Waals surface area contributed by atoms with Gasteiger partial charge >= 0.3 is 12.2 Å². The number of anilines is 1. The van der Waals surface area contributed by atoms with E-state index in [0.717, 1.165) is 16.8 Å². The average molecular weight is 359 g/mol. The fraction of sp³-hybridized carbons (Fsp3) is 0.389. The third-order valence-electron chi connectivity index (χ3n) is 4.48. The first-order valence-corrected chi connectivity index (χ1v) is 8.44. The Hall–Kier alpha value is -3.03. The molecule has 8 nitrogen and oxygen atoms in total. The van der Waals surface area contributed by atoms with Crippen molar-refractivity contribution in [2.45, 2.75) is 19.4 Å². The molecule has 3 rings (SSSR count). The van der Waals surface area contributed by atoms with Gasteiger partial charge in [0.25, 0.3) is 0 Å². The molecule has 0 saturated carbocycles. The number of carbonyl (C=O) groups excluding carboxylic acids is 2.